The number of aliphatic hydroxyl groups is 1. The number of benzene rings is 3. The maximum absolute atomic E-state index is 14.3. The molecule has 1 saturated carbocycles. The summed E-state index contributed by atoms with van der Waals surface area (Å²) < 4.78 is 5.16. The van der Waals surface area contributed by atoms with Gasteiger partial charge in [-0.25, -0.2) is 4.79 Å². The van der Waals surface area contributed by atoms with Crippen LogP contribution in [-0.4, -0.2) is 47.1 Å². The van der Waals surface area contributed by atoms with Gasteiger partial charge in [0, 0.05) is 45.8 Å². The molecule has 4 N–H and O–H groups in total. The second-order valence-electron chi connectivity index (χ2n) is 11.3. The van der Waals surface area contributed by atoms with Gasteiger partial charge in [0.2, 0.25) is 5.91 Å². The highest BCUT2D eigenvalue weighted by atomic mass is 35.5. The first kappa shape index (κ1) is 28.2. The van der Waals surface area contributed by atoms with Gasteiger partial charge in [0.1, 0.15) is 5.54 Å². The van der Waals surface area contributed by atoms with Crippen LogP contribution in [0.4, 0.5) is 5.69 Å². The van der Waals surface area contributed by atoms with Crippen LogP contribution in [-0.2, 0) is 15.1 Å². The average Bonchev–Trinajstić information content (AvgIpc) is 3.69. The lowest BCUT2D eigenvalue weighted by Gasteiger charge is -2.40. The highest BCUT2D eigenvalue weighted by Gasteiger charge is 2.66. The number of nitrogens with zero attached hydrogens (tertiary/aromatic N) is 1. The number of nitrogens with two attached hydrogens (primary N) is 1. The van der Waals surface area contributed by atoms with Crippen molar-refractivity contribution in [1.29, 1.82) is 0 Å². The van der Waals surface area contributed by atoms with E-state index in [1.54, 1.807) is 49.4 Å². The van der Waals surface area contributed by atoms with Gasteiger partial charge in [-0.3, -0.25) is 9.69 Å². The van der Waals surface area contributed by atoms with E-state index in [4.69, 9.17) is 33.7 Å². The molecular formula is C32H33Cl2N3O4. The van der Waals surface area contributed by atoms with Crippen molar-refractivity contribution in [3.8, 4) is 0 Å². The third-order valence-corrected chi connectivity index (χ3v) is 9.20. The minimum atomic E-state index is -1.11. The number of carbonyl (C=O) groups is 2. The van der Waals surface area contributed by atoms with Crippen molar-refractivity contribution in [1.82, 2.24) is 4.90 Å². The molecule has 6 rings (SSSR count). The minimum Gasteiger partial charge on any atom is -0.462 e. The van der Waals surface area contributed by atoms with Crippen LogP contribution in [0.15, 0.2) is 66.7 Å². The Balaban J connectivity index is 1.45. The molecule has 41 heavy (non-hydrogen) atoms. The number of halogens is 2. The quantitative estimate of drug-likeness (QED) is 0.292. The summed E-state index contributed by atoms with van der Waals surface area (Å²) in [4.78, 5) is 28.9. The van der Waals surface area contributed by atoms with Crippen molar-refractivity contribution in [2.45, 2.75) is 55.8 Å². The Morgan fingerprint density at radius 1 is 1.12 bits per heavy atom. The molecular weight excluding hydrogens is 561 g/mol. The van der Waals surface area contributed by atoms with E-state index in [0.717, 1.165) is 24.0 Å². The van der Waals surface area contributed by atoms with Crippen LogP contribution < -0.4 is 11.1 Å². The van der Waals surface area contributed by atoms with Crippen molar-refractivity contribution < 1.29 is 19.4 Å². The van der Waals surface area contributed by atoms with Crippen molar-refractivity contribution in [2.24, 2.45) is 11.7 Å². The highest BCUT2D eigenvalue weighted by molar-refractivity contribution is 6.31. The SMILES string of the molecule is CCOC(=O)c1cccc([C@@H](O)C[C@H]2[C@@H](N)[C@H](c3cccc(Cl)c3)[C@]3(C(=O)Nc4cc(Cl)ccc43)N2CC2CC2)c1. The van der Waals surface area contributed by atoms with Crippen LogP contribution in [0.25, 0.3) is 0 Å². The first-order valence-corrected chi connectivity index (χ1v) is 14.8. The summed E-state index contributed by atoms with van der Waals surface area (Å²) in [6, 6.07) is 19.0. The molecule has 2 heterocycles. The van der Waals surface area contributed by atoms with Crippen LogP contribution >= 0.6 is 23.2 Å². The number of hydrogen-bond donors (Lipinski definition) is 3. The topological polar surface area (TPSA) is 105 Å². The van der Waals surface area contributed by atoms with Crippen molar-refractivity contribution in [3.05, 3.63) is 99.0 Å². The van der Waals surface area contributed by atoms with Gasteiger partial charge in [-0.2, -0.15) is 0 Å². The number of ether oxygens (including phenoxy) is 1. The number of aliphatic hydroxyl groups excluding tert-OH is 1. The number of esters is 1. The molecule has 5 atom stereocenters. The van der Waals surface area contributed by atoms with Gasteiger partial charge in [-0.15, -0.1) is 0 Å². The second-order valence-corrected chi connectivity index (χ2v) is 12.2. The number of hydrogen-bond acceptors (Lipinski definition) is 6. The molecule has 1 saturated heterocycles. The summed E-state index contributed by atoms with van der Waals surface area (Å²) in [6.45, 7) is 2.69. The van der Waals surface area contributed by atoms with E-state index in [2.05, 4.69) is 10.2 Å². The fourth-order valence-corrected chi connectivity index (χ4v) is 7.16. The molecule has 0 aromatic heterocycles. The molecule has 2 fully saturated rings. The van der Waals surface area contributed by atoms with E-state index < -0.39 is 29.6 Å². The Morgan fingerprint density at radius 3 is 2.61 bits per heavy atom. The van der Waals surface area contributed by atoms with Crippen LogP contribution in [0.5, 0.6) is 0 Å². The standard InChI is InChI=1S/C32H33Cl2N3O4/c1-2-41-30(39)21-7-3-5-19(13-21)27(38)16-26-29(35)28(20-6-4-8-22(33)14-20)32(37(26)17-18-9-10-18)24-12-11-23(34)15-25(24)36-31(32)40/h3-8,11-15,18,26-29,38H,2,9-10,16-17,35H2,1H3,(H,36,40)/t26-,27-,28-,29+,32+/m0/s1. The summed E-state index contributed by atoms with van der Waals surface area (Å²) >= 11 is 12.8. The van der Waals surface area contributed by atoms with Crippen LogP contribution in [0, 0.1) is 5.92 Å². The molecule has 0 unspecified atom stereocenters. The highest BCUT2D eigenvalue weighted by Crippen LogP contribution is 2.58. The van der Waals surface area contributed by atoms with E-state index in [-0.39, 0.29) is 25.0 Å². The van der Waals surface area contributed by atoms with Gasteiger partial charge in [0.25, 0.3) is 0 Å². The van der Waals surface area contributed by atoms with Crippen molar-refractivity contribution >= 4 is 40.8 Å². The molecule has 0 radical (unpaired) electrons. The monoisotopic (exact) mass is 593 g/mol. The molecule has 3 aliphatic rings. The summed E-state index contributed by atoms with van der Waals surface area (Å²) in [6.07, 6.45) is 1.51. The van der Waals surface area contributed by atoms with E-state index in [1.165, 1.54) is 0 Å². The average molecular weight is 595 g/mol. The predicted octanol–water partition coefficient (Wildman–Crippen LogP) is 5.65. The van der Waals surface area contributed by atoms with Gasteiger partial charge < -0.3 is 20.9 Å². The number of carbonyl (C=O) groups excluding carboxylic acids is 2. The van der Waals surface area contributed by atoms with E-state index in [1.807, 2.05) is 24.3 Å². The summed E-state index contributed by atoms with van der Waals surface area (Å²) in [7, 11) is 0. The molecule has 214 valence electrons. The number of fused-ring (bicyclic) bond motifs is 2. The molecule has 0 bridgehead atoms. The Hall–Kier alpha value is -2.94. The van der Waals surface area contributed by atoms with Crippen LogP contribution in [0.1, 0.15) is 65.3 Å². The first-order valence-electron chi connectivity index (χ1n) is 14.1. The molecule has 3 aromatic rings. The zero-order chi connectivity index (χ0) is 28.9. The Labute approximate surface area is 249 Å². The molecule has 9 heteroatoms. The molecule has 1 aliphatic carbocycles. The van der Waals surface area contributed by atoms with E-state index in [0.29, 0.717) is 39.3 Å². The second kappa shape index (κ2) is 11.0. The predicted molar refractivity (Wildman–Crippen MR) is 159 cm³/mol. The first-order chi connectivity index (χ1) is 19.7. The fourth-order valence-electron chi connectivity index (χ4n) is 6.79. The lowest BCUT2D eigenvalue weighted by molar-refractivity contribution is -0.128. The fraction of sp³-hybridized carbons (Fsp3) is 0.375. The number of amides is 1. The minimum absolute atomic E-state index is 0.155. The maximum atomic E-state index is 14.3. The Morgan fingerprint density at radius 2 is 1.88 bits per heavy atom. The lowest BCUT2D eigenvalue weighted by atomic mass is 9.73. The van der Waals surface area contributed by atoms with Crippen LogP contribution in [0.2, 0.25) is 10.0 Å². The molecule has 1 spiro atoms. The maximum Gasteiger partial charge on any atom is 0.338 e. The van der Waals surface area contributed by atoms with Gasteiger partial charge in [0.15, 0.2) is 0 Å². The van der Waals surface area contributed by atoms with E-state index in [9.17, 15) is 14.7 Å². The zero-order valence-electron chi connectivity index (χ0n) is 22.7. The third kappa shape index (κ3) is 4.94. The smallest absolute Gasteiger partial charge is 0.338 e. The number of anilines is 1. The number of likely N-dealkylation sites (tertiary alicyclic amines) is 1. The van der Waals surface area contributed by atoms with Crippen molar-refractivity contribution in [2.75, 3.05) is 18.5 Å². The lowest BCUT2D eigenvalue weighted by Crippen LogP contribution is -2.52. The Bertz CT molecular complexity index is 1500. The zero-order valence-corrected chi connectivity index (χ0v) is 24.2. The molecule has 7 nitrogen and oxygen atoms in total. The molecule has 2 aliphatic heterocycles. The van der Waals surface area contributed by atoms with Crippen molar-refractivity contribution in [3.63, 3.8) is 0 Å². The van der Waals surface area contributed by atoms with Gasteiger partial charge in [-0.05, 0) is 79.6 Å². The normalized spacial score (nSPS) is 26.2. The summed E-state index contributed by atoms with van der Waals surface area (Å²) in [5.41, 5.74) is 9.40. The molecule has 1 amide bonds. The Kier molecular flexibility index (Phi) is 7.59. The summed E-state index contributed by atoms with van der Waals surface area (Å²) in [5, 5.41) is 15.8. The van der Waals surface area contributed by atoms with Gasteiger partial charge in [-0.1, -0.05) is 53.5 Å². The largest absolute Gasteiger partial charge is 0.462 e. The van der Waals surface area contributed by atoms with Gasteiger partial charge >= 0.3 is 5.97 Å². The van der Waals surface area contributed by atoms with Crippen LogP contribution in [0.3, 0.4) is 0 Å². The third-order valence-electron chi connectivity index (χ3n) is 8.73. The van der Waals surface area contributed by atoms with Gasteiger partial charge in [0.05, 0.1) is 18.3 Å². The number of nitrogens with one attached hydrogen (secondary N) is 1. The van der Waals surface area contributed by atoms with E-state index >= 15 is 0 Å². The number of rotatable bonds is 8. The molecule has 3 aromatic carbocycles. The summed E-state index contributed by atoms with van der Waals surface area (Å²) in [5.74, 6) is -0.594.